The highest BCUT2D eigenvalue weighted by Crippen LogP contribution is 2.35. The summed E-state index contributed by atoms with van der Waals surface area (Å²) in [4.78, 5) is 2.38. The number of piperidine rings is 1. The summed E-state index contributed by atoms with van der Waals surface area (Å²) in [6.45, 7) is 5.14. The molecule has 0 bridgehead atoms. The smallest absolute Gasteiger partial charge is 0.137 e. The third kappa shape index (κ3) is 5.61. The molecule has 1 N–H and O–H groups in total. The van der Waals surface area contributed by atoms with Gasteiger partial charge >= 0.3 is 0 Å². The summed E-state index contributed by atoms with van der Waals surface area (Å²) in [5, 5.41) is 5.27. The molecule has 1 fully saturated rings. The molecule has 0 aromatic heterocycles. The molecule has 2 atom stereocenters. The summed E-state index contributed by atoms with van der Waals surface area (Å²) >= 11 is 6.51. The van der Waals surface area contributed by atoms with Gasteiger partial charge in [0.05, 0.1) is 17.7 Å². The van der Waals surface area contributed by atoms with E-state index in [9.17, 15) is 0 Å². The van der Waals surface area contributed by atoms with Gasteiger partial charge in [-0.1, -0.05) is 63.1 Å². The van der Waals surface area contributed by atoms with E-state index in [1.165, 1.54) is 49.8 Å². The van der Waals surface area contributed by atoms with Gasteiger partial charge in [0.25, 0.3) is 0 Å². The van der Waals surface area contributed by atoms with Gasteiger partial charge in [0.15, 0.2) is 0 Å². The molecule has 1 saturated heterocycles. The minimum absolute atomic E-state index is 0.220. The fraction of sp³-hybridized carbons (Fsp3) is 0.682. The second-order valence-electron chi connectivity index (χ2n) is 7.99. The highest BCUT2D eigenvalue weighted by Gasteiger charge is 2.36. The number of likely N-dealkylation sites (tertiary alicyclic amines) is 1. The first kappa shape index (κ1) is 20.5. The quantitative estimate of drug-likeness (QED) is 0.541. The van der Waals surface area contributed by atoms with Gasteiger partial charge in [-0.15, -0.1) is 0 Å². The van der Waals surface area contributed by atoms with Crippen LogP contribution in [0.1, 0.15) is 69.9 Å². The van der Waals surface area contributed by atoms with Gasteiger partial charge in [0, 0.05) is 31.1 Å². The van der Waals surface area contributed by atoms with E-state index in [0.29, 0.717) is 10.9 Å². The number of unbranched alkanes of at least 4 members (excludes halogenated alkanes) is 6. The average Bonchev–Trinajstić information content (AvgIpc) is 3.08. The largest absolute Gasteiger partial charge is 0.492 e. The number of hydrogen-bond donors (Lipinski definition) is 1. The van der Waals surface area contributed by atoms with Crippen LogP contribution in [0.4, 0.5) is 0 Å². The van der Waals surface area contributed by atoms with Crippen LogP contribution < -0.4 is 10.2 Å². The third-order valence-electron chi connectivity index (χ3n) is 5.76. The molecule has 4 nitrogen and oxygen atoms in total. The van der Waals surface area contributed by atoms with Crippen LogP contribution in [0.15, 0.2) is 23.3 Å². The van der Waals surface area contributed by atoms with Crippen LogP contribution in [0.2, 0.25) is 5.02 Å². The first-order valence-electron chi connectivity index (χ1n) is 10.6. The summed E-state index contributed by atoms with van der Waals surface area (Å²) in [7, 11) is 2.18. The summed E-state index contributed by atoms with van der Waals surface area (Å²) in [5.41, 5.74) is 5.82. The number of benzene rings is 1. The van der Waals surface area contributed by atoms with Gasteiger partial charge in [0.2, 0.25) is 0 Å². The van der Waals surface area contributed by atoms with Gasteiger partial charge in [-0.25, -0.2) is 0 Å². The van der Waals surface area contributed by atoms with Crippen LogP contribution >= 0.6 is 11.6 Å². The normalized spacial score (nSPS) is 22.3. The van der Waals surface area contributed by atoms with Crippen molar-refractivity contribution in [1.29, 1.82) is 0 Å². The zero-order valence-electron chi connectivity index (χ0n) is 16.8. The van der Waals surface area contributed by atoms with Crippen LogP contribution in [0.5, 0.6) is 5.75 Å². The van der Waals surface area contributed by atoms with Crippen molar-refractivity contribution in [2.45, 2.75) is 64.3 Å². The SMILES string of the molecule is CCCCCCCCCOc1ccc(C2NN=C3CCN(C)CC32)cc1Cl. The van der Waals surface area contributed by atoms with Crippen molar-refractivity contribution < 1.29 is 4.74 Å². The Kier molecular flexibility index (Phi) is 7.83. The summed E-state index contributed by atoms with van der Waals surface area (Å²) in [5.74, 6) is 1.24. The molecule has 2 aliphatic rings. The molecule has 0 spiro atoms. The Bertz CT molecular complexity index is 634. The van der Waals surface area contributed by atoms with E-state index in [4.69, 9.17) is 16.3 Å². The lowest BCUT2D eigenvalue weighted by Gasteiger charge is -2.31. The predicted octanol–water partition coefficient (Wildman–Crippen LogP) is 5.42. The fourth-order valence-corrected chi connectivity index (χ4v) is 4.32. The number of rotatable bonds is 10. The molecule has 2 heterocycles. The van der Waals surface area contributed by atoms with E-state index in [1.807, 2.05) is 12.1 Å². The van der Waals surface area contributed by atoms with Crippen LogP contribution in [0, 0.1) is 5.92 Å². The lowest BCUT2D eigenvalue weighted by molar-refractivity contribution is 0.272. The molecule has 2 aliphatic heterocycles. The Balaban J connectivity index is 1.45. The number of nitrogens with zero attached hydrogens (tertiary/aromatic N) is 2. The lowest BCUT2D eigenvalue weighted by Crippen LogP contribution is -2.39. The van der Waals surface area contributed by atoms with Gasteiger partial charge in [-0.2, -0.15) is 5.10 Å². The highest BCUT2D eigenvalue weighted by atomic mass is 35.5. The van der Waals surface area contributed by atoms with Crippen molar-refractivity contribution in [3.63, 3.8) is 0 Å². The van der Waals surface area contributed by atoms with E-state index in [0.717, 1.165) is 38.3 Å². The topological polar surface area (TPSA) is 36.9 Å². The fourth-order valence-electron chi connectivity index (χ4n) is 4.08. The maximum absolute atomic E-state index is 6.51. The molecule has 0 saturated carbocycles. The Morgan fingerprint density at radius 1 is 1.19 bits per heavy atom. The summed E-state index contributed by atoms with van der Waals surface area (Å²) < 4.78 is 5.92. The van der Waals surface area contributed by atoms with Crippen molar-refractivity contribution in [3.05, 3.63) is 28.8 Å². The lowest BCUT2D eigenvalue weighted by atomic mass is 9.86. The van der Waals surface area contributed by atoms with Crippen LogP contribution in [-0.2, 0) is 0 Å². The number of nitrogens with one attached hydrogen (secondary N) is 1. The Morgan fingerprint density at radius 2 is 1.96 bits per heavy atom. The van der Waals surface area contributed by atoms with Gasteiger partial charge < -0.3 is 15.1 Å². The van der Waals surface area contributed by atoms with E-state index >= 15 is 0 Å². The molecule has 0 radical (unpaired) electrons. The van der Waals surface area contributed by atoms with Gasteiger partial charge in [-0.3, -0.25) is 0 Å². The van der Waals surface area contributed by atoms with Crippen molar-refractivity contribution in [3.8, 4) is 5.75 Å². The molecule has 3 rings (SSSR count). The number of halogens is 1. The highest BCUT2D eigenvalue weighted by molar-refractivity contribution is 6.32. The Labute approximate surface area is 169 Å². The zero-order chi connectivity index (χ0) is 19.1. The molecule has 1 aromatic carbocycles. The Morgan fingerprint density at radius 3 is 2.74 bits per heavy atom. The maximum atomic E-state index is 6.51. The first-order chi connectivity index (χ1) is 13.2. The third-order valence-corrected chi connectivity index (χ3v) is 6.05. The standard InChI is InChI=1S/C22H34ClN3O/c1-3-4-5-6-7-8-9-14-27-21-11-10-17(15-19(21)23)22-18-16-26(2)13-12-20(18)24-25-22/h10-11,15,18,22,25H,3-9,12-14,16H2,1-2H3. The predicted molar refractivity (Wildman–Crippen MR) is 114 cm³/mol. The van der Waals surface area contributed by atoms with E-state index in [1.54, 1.807) is 0 Å². The number of ether oxygens (including phenoxy) is 1. The van der Waals surface area contributed by atoms with E-state index in [2.05, 4.69) is 35.5 Å². The summed E-state index contributed by atoms with van der Waals surface area (Å²) in [6, 6.07) is 6.42. The maximum Gasteiger partial charge on any atom is 0.137 e. The van der Waals surface area contributed by atoms with Crippen molar-refractivity contribution in [1.82, 2.24) is 10.3 Å². The average molecular weight is 392 g/mol. The van der Waals surface area contributed by atoms with Gasteiger partial charge in [0.1, 0.15) is 5.75 Å². The molecule has 0 amide bonds. The van der Waals surface area contributed by atoms with Crippen molar-refractivity contribution in [2.75, 3.05) is 26.7 Å². The molecule has 5 heteroatoms. The van der Waals surface area contributed by atoms with Gasteiger partial charge in [-0.05, 0) is 31.2 Å². The van der Waals surface area contributed by atoms with Crippen molar-refractivity contribution in [2.24, 2.45) is 11.0 Å². The number of hydrazone groups is 1. The first-order valence-corrected chi connectivity index (χ1v) is 11.0. The van der Waals surface area contributed by atoms with Crippen molar-refractivity contribution >= 4 is 17.3 Å². The Hall–Kier alpha value is -1.26. The molecule has 1 aromatic rings. The van der Waals surface area contributed by atoms with Crippen LogP contribution in [-0.4, -0.2) is 37.4 Å². The monoisotopic (exact) mass is 391 g/mol. The molecule has 2 unspecified atom stereocenters. The van der Waals surface area contributed by atoms with E-state index < -0.39 is 0 Å². The second kappa shape index (κ2) is 10.3. The summed E-state index contributed by atoms with van der Waals surface area (Å²) in [6.07, 6.45) is 10.1. The number of hydrogen-bond acceptors (Lipinski definition) is 4. The van der Waals surface area contributed by atoms with Crippen LogP contribution in [0.3, 0.4) is 0 Å². The molecule has 27 heavy (non-hydrogen) atoms. The molecular weight excluding hydrogens is 358 g/mol. The molecule has 0 aliphatic carbocycles. The minimum Gasteiger partial charge on any atom is -0.492 e. The zero-order valence-corrected chi connectivity index (χ0v) is 17.6. The van der Waals surface area contributed by atoms with Crippen LogP contribution in [0.25, 0.3) is 0 Å². The molecular formula is C22H34ClN3O. The number of fused-ring (bicyclic) bond motifs is 1. The molecule has 150 valence electrons. The van der Waals surface area contributed by atoms with E-state index in [-0.39, 0.29) is 6.04 Å². The minimum atomic E-state index is 0.220. The second-order valence-corrected chi connectivity index (χ2v) is 8.40.